The molecule has 0 spiro atoms. The molecule has 2 aromatic carbocycles. The third kappa shape index (κ3) is 3.00. The molecule has 0 radical (unpaired) electrons. The Bertz CT molecular complexity index is 552. The minimum absolute atomic E-state index is 0.715. The van der Waals surface area contributed by atoms with Crippen molar-refractivity contribution in [3.05, 3.63) is 59.1 Å². The van der Waals surface area contributed by atoms with Crippen LogP contribution in [0.5, 0.6) is 0 Å². The van der Waals surface area contributed by atoms with Crippen LogP contribution >= 0.6 is 23.8 Å². The molecule has 0 aromatic heterocycles. The van der Waals surface area contributed by atoms with Gasteiger partial charge in [0.1, 0.15) is 4.99 Å². The van der Waals surface area contributed by atoms with Crippen molar-refractivity contribution in [1.82, 2.24) is 5.32 Å². The van der Waals surface area contributed by atoms with Crippen molar-refractivity contribution in [2.45, 2.75) is 0 Å². The van der Waals surface area contributed by atoms with Crippen LogP contribution in [0.2, 0.25) is 5.02 Å². The maximum Gasteiger partial charge on any atom is 0.108 e. The van der Waals surface area contributed by atoms with Crippen molar-refractivity contribution in [2.75, 3.05) is 12.4 Å². The zero-order chi connectivity index (χ0) is 13.0. The van der Waals surface area contributed by atoms with E-state index in [2.05, 4.69) is 10.6 Å². The molecule has 0 bridgehead atoms. The van der Waals surface area contributed by atoms with E-state index in [1.165, 1.54) is 0 Å². The lowest BCUT2D eigenvalue weighted by Crippen LogP contribution is -2.17. The number of hydrogen-bond donors (Lipinski definition) is 2. The summed E-state index contributed by atoms with van der Waals surface area (Å²) in [6.07, 6.45) is 0. The van der Waals surface area contributed by atoms with E-state index in [-0.39, 0.29) is 0 Å². The molecule has 0 fully saturated rings. The average Bonchev–Trinajstić information content (AvgIpc) is 2.41. The molecule has 92 valence electrons. The second-order valence-corrected chi connectivity index (χ2v) is 4.60. The molecular weight excluding hydrogens is 264 g/mol. The first kappa shape index (κ1) is 12.9. The summed E-state index contributed by atoms with van der Waals surface area (Å²) in [6, 6.07) is 15.5. The monoisotopic (exact) mass is 276 g/mol. The standard InChI is InChI=1S/C14H13ClN2S/c1-16-14(18)12-4-2-3-5-13(12)17-11-8-6-10(15)7-9-11/h2-9,17H,1H3,(H,16,18). The normalized spacial score (nSPS) is 9.89. The van der Waals surface area contributed by atoms with Crippen molar-refractivity contribution in [3.8, 4) is 0 Å². The first-order chi connectivity index (χ1) is 8.70. The minimum atomic E-state index is 0.715. The number of benzene rings is 2. The number of para-hydroxylation sites is 1. The summed E-state index contributed by atoms with van der Waals surface area (Å²) in [6.45, 7) is 0. The van der Waals surface area contributed by atoms with Crippen LogP contribution in [0.1, 0.15) is 5.56 Å². The fourth-order valence-electron chi connectivity index (χ4n) is 1.61. The van der Waals surface area contributed by atoms with E-state index in [1.807, 2.05) is 55.6 Å². The maximum atomic E-state index is 5.86. The summed E-state index contributed by atoms with van der Waals surface area (Å²) in [7, 11) is 1.82. The van der Waals surface area contributed by atoms with Crippen LogP contribution in [0.4, 0.5) is 11.4 Å². The molecule has 2 N–H and O–H groups in total. The Morgan fingerprint density at radius 3 is 2.39 bits per heavy atom. The third-order valence-electron chi connectivity index (χ3n) is 2.52. The van der Waals surface area contributed by atoms with Crippen LogP contribution in [-0.2, 0) is 0 Å². The van der Waals surface area contributed by atoms with Crippen molar-refractivity contribution < 1.29 is 0 Å². The Balaban J connectivity index is 2.28. The first-order valence-electron chi connectivity index (χ1n) is 5.54. The zero-order valence-corrected chi connectivity index (χ0v) is 11.5. The van der Waals surface area contributed by atoms with Crippen LogP contribution in [0, 0.1) is 0 Å². The molecule has 2 aromatic rings. The molecule has 18 heavy (non-hydrogen) atoms. The molecule has 0 heterocycles. The van der Waals surface area contributed by atoms with Crippen LogP contribution in [0.3, 0.4) is 0 Å². The predicted molar refractivity (Wildman–Crippen MR) is 81.9 cm³/mol. The van der Waals surface area contributed by atoms with E-state index in [9.17, 15) is 0 Å². The molecule has 2 nitrogen and oxygen atoms in total. The molecule has 0 aliphatic heterocycles. The fourth-order valence-corrected chi connectivity index (χ4v) is 1.92. The van der Waals surface area contributed by atoms with Gasteiger partial charge >= 0.3 is 0 Å². The molecular formula is C14H13ClN2S. The number of thiocarbonyl (C=S) groups is 1. The summed E-state index contributed by atoms with van der Waals surface area (Å²) in [4.78, 5) is 0.715. The van der Waals surface area contributed by atoms with E-state index in [4.69, 9.17) is 23.8 Å². The van der Waals surface area contributed by atoms with Crippen molar-refractivity contribution in [1.29, 1.82) is 0 Å². The number of anilines is 2. The van der Waals surface area contributed by atoms with Gasteiger partial charge in [0.15, 0.2) is 0 Å². The molecule has 0 amide bonds. The van der Waals surface area contributed by atoms with Crippen molar-refractivity contribution >= 4 is 40.2 Å². The highest BCUT2D eigenvalue weighted by Crippen LogP contribution is 2.22. The van der Waals surface area contributed by atoms with Crippen LogP contribution in [0.15, 0.2) is 48.5 Å². The summed E-state index contributed by atoms with van der Waals surface area (Å²) in [5.41, 5.74) is 2.93. The second-order valence-electron chi connectivity index (χ2n) is 3.76. The Hall–Kier alpha value is -1.58. The second kappa shape index (κ2) is 5.85. The largest absolute Gasteiger partial charge is 0.379 e. The molecule has 0 aliphatic carbocycles. The Morgan fingerprint density at radius 1 is 1.06 bits per heavy atom. The van der Waals surface area contributed by atoms with Gasteiger partial charge in [-0.3, -0.25) is 0 Å². The van der Waals surface area contributed by atoms with Gasteiger partial charge in [0.05, 0.1) is 0 Å². The van der Waals surface area contributed by atoms with E-state index in [1.54, 1.807) is 0 Å². The molecule has 0 saturated heterocycles. The molecule has 2 rings (SSSR count). The molecule has 0 atom stereocenters. The van der Waals surface area contributed by atoms with Gasteiger partial charge in [-0.1, -0.05) is 36.0 Å². The lowest BCUT2D eigenvalue weighted by molar-refractivity contribution is 1.20. The van der Waals surface area contributed by atoms with Gasteiger partial charge < -0.3 is 10.6 Å². The maximum absolute atomic E-state index is 5.86. The smallest absolute Gasteiger partial charge is 0.108 e. The van der Waals surface area contributed by atoms with E-state index >= 15 is 0 Å². The minimum Gasteiger partial charge on any atom is -0.379 e. The van der Waals surface area contributed by atoms with Crippen molar-refractivity contribution in [2.24, 2.45) is 0 Å². The highest BCUT2D eigenvalue weighted by Gasteiger charge is 2.05. The average molecular weight is 277 g/mol. The van der Waals surface area contributed by atoms with Gasteiger partial charge in [-0.2, -0.15) is 0 Å². The van der Waals surface area contributed by atoms with Gasteiger partial charge in [-0.25, -0.2) is 0 Å². The molecule has 0 aliphatic rings. The van der Waals surface area contributed by atoms with Gasteiger partial charge in [-0.15, -0.1) is 0 Å². The molecule has 0 saturated carbocycles. The Morgan fingerprint density at radius 2 is 1.72 bits per heavy atom. The number of hydrogen-bond acceptors (Lipinski definition) is 2. The predicted octanol–water partition coefficient (Wildman–Crippen LogP) is 3.98. The fraction of sp³-hybridized carbons (Fsp3) is 0.0714. The lowest BCUT2D eigenvalue weighted by atomic mass is 10.1. The molecule has 4 heteroatoms. The summed E-state index contributed by atoms with van der Waals surface area (Å²) in [5, 5.41) is 7.04. The number of halogens is 1. The van der Waals surface area contributed by atoms with Gasteiger partial charge in [0, 0.05) is 29.0 Å². The van der Waals surface area contributed by atoms with Crippen LogP contribution in [0.25, 0.3) is 0 Å². The quantitative estimate of drug-likeness (QED) is 0.830. The van der Waals surface area contributed by atoms with Gasteiger partial charge in [0.2, 0.25) is 0 Å². The Kier molecular flexibility index (Phi) is 4.18. The highest BCUT2D eigenvalue weighted by atomic mass is 35.5. The van der Waals surface area contributed by atoms with Gasteiger partial charge in [-0.05, 0) is 36.4 Å². The summed E-state index contributed by atoms with van der Waals surface area (Å²) >= 11 is 11.1. The number of nitrogens with one attached hydrogen (secondary N) is 2. The molecule has 0 unspecified atom stereocenters. The Labute approximate surface area is 117 Å². The third-order valence-corrected chi connectivity index (χ3v) is 3.20. The van der Waals surface area contributed by atoms with E-state index in [0.717, 1.165) is 22.0 Å². The van der Waals surface area contributed by atoms with Crippen molar-refractivity contribution in [3.63, 3.8) is 0 Å². The van der Waals surface area contributed by atoms with Gasteiger partial charge in [0.25, 0.3) is 0 Å². The van der Waals surface area contributed by atoms with E-state index in [0.29, 0.717) is 4.99 Å². The first-order valence-corrected chi connectivity index (χ1v) is 6.33. The van der Waals surface area contributed by atoms with Crippen LogP contribution < -0.4 is 10.6 Å². The van der Waals surface area contributed by atoms with E-state index < -0.39 is 0 Å². The zero-order valence-electron chi connectivity index (χ0n) is 9.91. The summed E-state index contributed by atoms with van der Waals surface area (Å²) in [5.74, 6) is 0. The SMILES string of the molecule is CNC(=S)c1ccccc1Nc1ccc(Cl)cc1. The van der Waals surface area contributed by atoms with Crippen LogP contribution in [-0.4, -0.2) is 12.0 Å². The topological polar surface area (TPSA) is 24.1 Å². The number of rotatable bonds is 3. The highest BCUT2D eigenvalue weighted by molar-refractivity contribution is 7.80. The summed E-state index contributed by atoms with van der Waals surface area (Å²) < 4.78 is 0. The lowest BCUT2D eigenvalue weighted by Gasteiger charge is -2.12.